The van der Waals surface area contributed by atoms with Crippen LogP contribution in [0.2, 0.25) is 0 Å². The van der Waals surface area contributed by atoms with E-state index in [-0.39, 0.29) is 11.6 Å². The van der Waals surface area contributed by atoms with Crippen LogP contribution in [0.15, 0.2) is 60.7 Å². The Morgan fingerprint density at radius 3 is 1.26 bits per heavy atom. The number of thiophene rings is 1. The summed E-state index contributed by atoms with van der Waals surface area (Å²) in [4.78, 5) is 2.14. The van der Waals surface area contributed by atoms with Gasteiger partial charge in [-0.15, -0.1) is 11.3 Å². The molecule has 1 aromatic heterocycles. The highest BCUT2D eigenvalue weighted by Gasteiger charge is 2.05. The number of benzene rings is 2. The molecule has 2 aromatic carbocycles. The average Bonchev–Trinajstić information content (AvgIpc) is 2.90. The highest BCUT2D eigenvalue weighted by atomic mass is 32.1. The van der Waals surface area contributed by atoms with Crippen molar-refractivity contribution in [2.24, 2.45) is 0 Å². The number of rotatable bonds is 2. The fraction of sp³-hybridized carbons (Fsp3) is 0. The first kappa shape index (κ1) is 12.1. The van der Waals surface area contributed by atoms with Crippen LogP contribution in [-0.2, 0) is 0 Å². The summed E-state index contributed by atoms with van der Waals surface area (Å²) >= 11 is 1.61. The zero-order valence-electron chi connectivity index (χ0n) is 9.94. The Bertz CT molecular complexity index is 622. The molecule has 94 valence electrons. The molecule has 19 heavy (non-hydrogen) atoms. The monoisotopic (exact) mass is 272 g/mol. The Morgan fingerprint density at radius 1 is 0.526 bits per heavy atom. The van der Waals surface area contributed by atoms with E-state index in [4.69, 9.17) is 0 Å². The molecular weight excluding hydrogens is 262 g/mol. The Balaban J connectivity index is 1.95. The van der Waals surface area contributed by atoms with Crippen LogP contribution >= 0.6 is 11.3 Å². The summed E-state index contributed by atoms with van der Waals surface area (Å²) in [5.41, 5.74) is 1.97. The minimum atomic E-state index is -0.237. The number of hydrogen-bond donors (Lipinski definition) is 0. The van der Waals surface area contributed by atoms with E-state index in [9.17, 15) is 8.78 Å². The summed E-state index contributed by atoms with van der Waals surface area (Å²) in [5.74, 6) is -0.474. The Labute approximate surface area is 114 Å². The molecule has 0 nitrogen and oxygen atoms in total. The average molecular weight is 272 g/mol. The second-order valence-electron chi connectivity index (χ2n) is 4.18. The molecule has 0 bridgehead atoms. The third-order valence-corrected chi connectivity index (χ3v) is 4.05. The predicted octanol–water partition coefficient (Wildman–Crippen LogP) is 5.36. The van der Waals surface area contributed by atoms with Gasteiger partial charge < -0.3 is 0 Å². The lowest BCUT2D eigenvalue weighted by molar-refractivity contribution is 0.627. The van der Waals surface area contributed by atoms with Gasteiger partial charge in [0.1, 0.15) is 11.6 Å². The summed E-state index contributed by atoms with van der Waals surface area (Å²) < 4.78 is 25.8. The van der Waals surface area contributed by atoms with Gasteiger partial charge in [-0.25, -0.2) is 8.78 Å². The second kappa shape index (κ2) is 4.94. The van der Waals surface area contributed by atoms with Crippen molar-refractivity contribution in [3.05, 3.63) is 72.3 Å². The van der Waals surface area contributed by atoms with Crippen LogP contribution in [-0.4, -0.2) is 0 Å². The zero-order valence-corrected chi connectivity index (χ0v) is 10.8. The highest BCUT2D eigenvalue weighted by Crippen LogP contribution is 2.34. The third-order valence-electron chi connectivity index (χ3n) is 2.86. The van der Waals surface area contributed by atoms with Crippen molar-refractivity contribution in [2.45, 2.75) is 0 Å². The third kappa shape index (κ3) is 2.56. The SMILES string of the molecule is Fc1ccc(-c2ccc(-c3ccc(F)cc3)s2)cc1. The molecule has 3 rings (SSSR count). The molecule has 0 saturated carbocycles. The maximum Gasteiger partial charge on any atom is 0.123 e. The van der Waals surface area contributed by atoms with Gasteiger partial charge in [-0.1, -0.05) is 24.3 Å². The largest absolute Gasteiger partial charge is 0.207 e. The minimum absolute atomic E-state index is 0.237. The summed E-state index contributed by atoms with van der Waals surface area (Å²) in [6.07, 6.45) is 0. The molecule has 0 spiro atoms. The molecule has 0 radical (unpaired) electrons. The van der Waals surface area contributed by atoms with E-state index in [0.717, 1.165) is 20.9 Å². The van der Waals surface area contributed by atoms with Crippen molar-refractivity contribution in [3.63, 3.8) is 0 Å². The first-order valence-corrected chi connectivity index (χ1v) is 6.66. The van der Waals surface area contributed by atoms with E-state index in [2.05, 4.69) is 0 Å². The van der Waals surface area contributed by atoms with Crippen molar-refractivity contribution in [1.82, 2.24) is 0 Å². The topological polar surface area (TPSA) is 0 Å². The Morgan fingerprint density at radius 2 is 0.895 bits per heavy atom. The predicted molar refractivity (Wildman–Crippen MR) is 75.1 cm³/mol. The maximum absolute atomic E-state index is 12.9. The molecule has 0 N–H and O–H groups in total. The van der Waals surface area contributed by atoms with Crippen molar-refractivity contribution < 1.29 is 8.78 Å². The fourth-order valence-electron chi connectivity index (χ4n) is 1.88. The smallest absolute Gasteiger partial charge is 0.123 e. The zero-order chi connectivity index (χ0) is 13.2. The van der Waals surface area contributed by atoms with E-state index < -0.39 is 0 Å². The molecule has 0 amide bonds. The molecular formula is C16H10F2S. The standard InChI is InChI=1S/C16H10F2S/c17-13-5-1-11(2-6-13)15-9-10-16(19-15)12-3-7-14(18)8-4-12/h1-10H. The minimum Gasteiger partial charge on any atom is -0.207 e. The molecule has 0 atom stereocenters. The van der Waals surface area contributed by atoms with Crippen molar-refractivity contribution in [1.29, 1.82) is 0 Å². The van der Waals surface area contributed by atoms with Gasteiger partial charge in [0.15, 0.2) is 0 Å². The molecule has 0 saturated heterocycles. The van der Waals surface area contributed by atoms with Crippen molar-refractivity contribution in [3.8, 4) is 20.9 Å². The highest BCUT2D eigenvalue weighted by molar-refractivity contribution is 7.18. The molecule has 0 aliphatic carbocycles. The molecule has 3 aromatic rings. The molecule has 3 heteroatoms. The quantitative estimate of drug-likeness (QED) is 0.589. The first-order valence-electron chi connectivity index (χ1n) is 5.84. The van der Waals surface area contributed by atoms with Crippen LogP contribution in [0.5, 0.6) is 0 Å². The maximum atomic E-state index is 12.9. The molecule has 1 heterocycles. The van der Waals surface area contributed by atoms with Gasteiger partial charge in [0, 0.05) is 9.75 Å². The van der Waals surface area contributed by atoms with Crippen LogP contribution in [0.4, 0.5) is 8.78 Å². The summed E-state index contributed by atoms with van der Waals surface area (Å²) in [7, 11) is 0. The molecule has 0 aliphatic heterocycles. The number of halogens is 2. The van der Waals surface area contributed by atoms with Crippen LogP contribution < -0.4 is 0 Å². The molecule has 0 aliphatic rings. The van der Waals surface area contributed by atoms with Gasteiger partial charge in [-0.3, -0.25) is 0 Å². The second-order valence-corrected chi connectivity index (χ2v) is 5.26. The van der Waals surface area contributed by atoms with Crippen LogP contribution in [0, 0.1) is 11.6 Å². The van der Waals surface area contributed by atoms with Gasteiger partial charge in [-0.05, 0) is 47.5 Å². The first-order chi connectivity index (χ1) is 9.22. The van der Waals surface area contributed by atoms with Crippen molar-refractivity contribution in [2.75, 3.05) is 0 Å². The normalized spacial score (nSPS) is 10.6. The van der Waals surface area contributed by atoms with Crippen LogP contribution in [0.3, 0.4) is 0 Å². The number of hydrogen-bond acceptors (Lipinski definition) is 1. The molecule has 0 fully saturated rings. The lowest BCUT2D eigenvalue weighted by atomic mass is 10.1. The van der Waals surface area contributed by atoms with Crippen LogP contribution in [0.25, 0.3) is 20.9 Å². The van der Waals surface area contributed by atoms with E-state index in [1.165, 1.54) is 24.3 Å². The summed E-state index contributed by atoms with van der Waals surface area (Å²) in [6, 6.07) is 16.8. The molecule has 0 unspecified atom stereocenters. The lowest BCUT2D eigenvalue weighted by Gasteiger charge is -1.98. The summed E-state index contributed by atoms with van der Waals surface area (Å²) in [6.45, 7) is 0. The Kier molecular flexibility index (Phi) is 3.13. The van der Waals surface area contributed by atoms with E-state index in [1.54, 1.807) is 35.6 Å². The van der Waals surface area contributed by atoms with Crippen molar-refractivity contribution >= 4 is 11.3 Å². The van der Waals surface area contributed by atoms with Gasteiger partial charge in [0.2, 0.25) is 0 Å². The Hall–Kier alpha value is -2.00. The van der Waals surface area contributed by atoms with Gasteiger partial charge in [0.25, 0.3) is 0 Å². The fourth-order valence-corrected chi connectivity index (χ4v) is 2.89. The van der Waals surface area contributed by atoms with Gasteiger partial charge >= 0.3 is 0 Å². The van der Waals surface area contributed by atoms with Gasteiger partial charge in [-0.2, -0.15) is 0 Å². The van der Waals surface area contributed by atoms with Gasteiger partial charge in [0.05, 0.1) is 0 Å². The summed E-state index contributed by atoms with van der Waals surface area (Å²) in [5, 5.41) is 0. The van der Waals surface area contributed by atoms with E-state index in [0.29, 0.717) is 0 Å². The van der Waals surface area contributed by atoms with E-state index in [1.807, 2.05) is 12.1 Å². The lowest BCUT2D eigenvalue weighted by Crippen LogP contribution is -1.74. The van der Waals surface area contributed by atoms with Crippen LogP contribution in [0.1, 0.15) is 0 Å². The van der Waals surface area contributed by atoms with E-state index >= 15 is 0 Å².